The summed E-state index contributed by atoms with van der Waals surface area (Å²) in [6.07, 6.45) is 3.61. The van der Waals surface area contributed by atoms with Crippen molar-refractivity contribution < 1.29 is 9.53 Å². The second-order valence-electron chi connectivity index (χ2n) is 4.66. The van der Waals surface area contributed by atoms with E-state index in [1.54, 1.807) is 16.9 Å². The molecule has 1 aliphatic rings. The molecular formula is C14H16N4O2. The van der Waals surface area contributed by atoms with E-state index >= 15 is 0 Å². The van der Waals surface area contributed by atoms with Crippen LogP contribution < -0.4 is 15.4 Å². The normalized spacial score (nSPS) is 13.1. The molecule has 1 aromatic carbocycles. The van der Waals surface area contributed by atoms with Crippen LogP contribution in [-0.2, 0) is 13.6 Å². The van der Waals surface area contributed by atoms with Crippen LogP contribution in [0.15, 0.2) is 30.6 Å². The van der Waals surface area contributed by atoms with E-state index in [0.717, 1.165) is 17.8 Å². The first-order valence-electron chi connectivity index (χ1n) is 6.49. The van der Waals surface area contributed by atoms with Crippen molar-refractivity contribution in [3.63, 3.8) is 0 Å². The number of fused-ring (bicyclic) bond motifs is 1. The standard InChI is InChI=1S/C14H16N4O2/c1-18-9-10(8-17-18)7-16-14(19)11-3-2-4-12-13(11)20-6-5-15-12/h2-4,8-9,15H,5-7H2,1H3,(H,16,19). The summed E-state index contributed by atoms with van der Waals surface area (Å²) in [6.45, 7) is 1.78. The number of hydrogen-bond acceptors (Lipinski definition) is 4. The van der Waals surface area contributed by atoms with Gasteiger partial charge in [-0.15, -0.1) is 0 Å². The molecule has 104 valence electrons. The zero-order valence-corrected chi connectivity index (χ0v) is 11.2. The molecule has 1 aromatic heterocycles. The summed E-state index contributed by atoms with van der Waals surface area (Å²) in [5.74, 6) is 0.483. The van der Waals surface area contributed by atoms with Crippen molar-refractivity contribution in [3.05, 3.63) is 41.7 Å². The van der Waals surface area contributed by atoms with Gasteiger partial charge in [0.15, 0.2) is 5.75 Å². The number of amides is 1. The summed E-state index contributed by atoms with van der Waals surface area (Å²) in [5, 5.41) is 10.2. The van der Waals surface area contributed by atoms with Crippen LogP contribution in [0.1, 0.15) is 15.9 Å². The number of anilines is 1. The number of benzene rings is 1. The zero-order valence-electron chi connectivity index (χ0n) is 11.2. The molecule has 0 unspecified atom stereocenters. The fourth-order valence-electron chi connectivity index (χ4n) is 2.19. The first-order chi connectivity index (χ1) is 9.74. The fraction of sp³-hybridized carbons (Fsp3) is 0.286. The van der Waals surface area contributed by atoms with Gasteiger partial charge in [0.25, 0.3) is 5.91 Å². The van der Waals surface area contributed by atoms with Crippen LogP contribution in [0.25, 0.3) is 0 Å². The minimum absolute atomic E-state index is 0.144. The summed E-state index contributed by atoms with van der Waals surface area (Å²) in [5.41, 5.74) is 2.38. The van der Waals surface area contributed by atoms with Gasteiger partial charge in [-0.1, -0.05) is 6.07 Å². The second kappa shape index (κ2) is 5.24. The number of hydrogen-bond donors (Lipinski definition) is 2. The lowest BCUT2D eigenvalue weighted by Gasteiger charge is -2.21. The monoisotopic (exact) mass is 272 g/mol. The number of carbonyl (C=O) groups excluding carboxylic acids is 1. The van der Waals surface area contributed by atoms with E-state index in [1.807, 2.05) is 25.4 Å². The Kier molecular flexibility index (Phi) is 3.28. The van der Waals surface area contributed by atoms with Crippen LogP contribution in [0.2, 0.25) is 0 Å². The van der Waals surface area contributed by atoms with E-state index < -0.39 is 0 Å². The molecule has 1 amide bonds. The maximum absolute atomic E-state index is 12.3. The van der Waals surface area contributed by atoms with Crippen LogP contribution in [-0.4, -0.2) is 28.8 Å². The molecule has 2 aromatic rings. The molecule has 1 aliphatic heterocycles. The van der Waals surface area contributed by atoms with E-state index in [-0.39, 0.29) is 5.91 Å². The molecule has 0 spiro atoms. The van der Waals surface area contributed by atoms with Crippen molar-refractivity contribution in [1.82, 2.24) is 15.1 Å². The zero-order chi connectivity index (χ0) is 13.9. The van der Waals surface area contributed by atoms with Gasteiger partial charge < -0.3 is 15.4 Å². The summed E-state index contributed by atoms with van der Waals surface area (Å²) in [7, 11) is 1.85. The Balaban J connectivity index is 1.74. The molecule has 3 rings (SSSR count). The number of para-hydroxylation sites is 1. The van der Waals surface area contributed by atoms with Gasteiger partial charge in [0, 0.05) is 31.9 Å². The number of nitrogens with zero attached hydrogens (tertiary/aromatic N) is 2. The molecule has 6 heteroatoms. The minimum atomic E-state index is -0.144. The van der Waals surface area contributed by atoms with Gasteiger partial charge in [0.1, 0.15) is 6.61 Å². The lowest BCUT2D eigenvalue weighted by molar-refractivity contribution is 0.0947. The largest absolute Gasteiger partial charge is 0.489 e. The second-order valence-corrected chi connectivity index (χ2v) is 4.66. The van der Waals surface area contributed by atoms with Gasteiger partial charge in [-0.25, -0.2) is 0 Å². The molecule has 20 heavy (non-hydrogen) atoms. The number of nitrogens with one attached hydrogen (secondary N) is 2. The lowest BCUT2D eigenvalue weighted by atomic mass is 10.1. The topological polar surface area (TPSA) is 68.2 Å². The maximum atomic E-state index is 12.3. The number of aromatic nitrogens is 2. The third-order valence-electron chi connectivity index (χ3n) is 3.13. The van der Waals surface area contributed by atoms with E-state index in [1.165, 1.54) is 0 Å². The molecule has 0 saturated carbocycles. The third-order valence-corrected chi connectivity index (χ3v) is 3.13. The van der Waals surface area contributed by atoms with Crippen molar-refractivity contribution in [2.24, 2.45) is 7.05 Å². The third kappa shape index (κ3) is 2.45. The Bertz CT molecular complexity index is 636. The van der Waals surface area contributed by atoms with Gasteiger partial charge >= 0.3 is 0 Å². The molecule has 0 bridgehead atoms. The first kappa shape index (κ1) is 12.5. The van der Waals surface area contributed by atoms with Gasteiger partial charge in [-0.2, -0.15) is 5.10 Å². The average molecular weight is 272 g/mol. The van der Waals surface area contributed by atoms with Gasteiger partial charge in [0.05, 0.1) is 17.4 Å². The number of aryl methyl sites for hydroxylation is 1. The Morgan fingerprint density at radius 1 is 1.55 bits per heavy atom. The molecule has 2 heterocycles. The fourth-order valence-corrected chi connectivity index (χ4v) is 2.19. The summed E-state index contributed by atoms with van der Waals surface area (Å²) < 4.78 is 7.30. The maximum Gasteiger partial charge on any atom is 0.255 e. The Morgan fingerprint density at radius 2 is 2.45 bits per heavy atom. The van der Waals surface area contributed by atoms with Gasteiger partial charge in [-0.3, -0.25) is 9.48 Å². The molecule has 0 radical (unpaired) electrons. The smallest absolute Gasteiger partial charge is 0.255 e. The van der Waals surface area contributed by atoms with Gasteiger partial charge in [0.2, 0.25) is 0 Å². The molecule has 6 nitrogen and oxygen atoms in total. The van der Waals surface area contributed by atoms with E-state index in [4.69, 9.17) is 4.74 Å². The highest BCUT2D eigenvalue weighted by molar-refractivity contribution is 5.98. The van der Waals surface area contributed by atoms with E-state index in [0.29, 0.717) is 24.5 Å². The molecule has 0 aliphatic carbocycles. The molecule has 0 saturated heterocycles. The highest BCUT2D eigenvalue weighted by Crippen LogP contribution is 2.31. The van der Waals surface area contributed by atoms with Crippen LogP contribution in [0.5, 0.6) is 5.75 Å². The van der Waals surface area contributed by atoms with Crippen molar-refractivity contribution in [1.29, 1.82) is 0 Å². The van der Waals surface area contributed by atoms with Gasteiger partial charge in [-0.05, 0) is 12.1 Å². The summed E-state index contributed by atoms with van der Waals surface area (Å²) >= 11 is 0. The summed E-state index contributed by atoms with van der Waals surface area (Å²) in [4.78, 5) is 12.3. The Labute approximate surface area is 116 Å². The lowest BCUT2D eigenvalue weighted by Crippen LogP contribution is -2.26. The average Bonchev–Trinajstić information content (AvgIpc) is 2.90. The Morgan fingerprint density at radius 3 is 3.25 bits per heavy atom. The number of rotatable bonds is 3. The van der Waals surface area contributed by atoms with Crippen LogP contribution >= 0.6 is 0 Å². The van der Waals surface area contributed by atoms with Crippen molar-refractivity contribution in [2.45, 2.75) is 6.54 Å². The number of ether oxygens (including phenoxy) is 1. The quantitative estimate of drug-likeness (QED) is 0.879. The van der Waals surface area contributed by atoms with Crippen molar-refractivity contribution >= 4 is 11.6 Å². The minimum Gasteiger partial charge on any atom is -0.489 e. The molecule has 0 atom stereocenters. The molecule has 2 N–H and O–H groups in total. The first-order valence-corrected chi connectivity index (χ1v) is 6.49. The Hall–Kier alpha value is -2.50. The SMILES string of the molecule is Cn1cc(CNC(=O)c2cccc3c2OCCN3)cn1. The van der Waals surface area contributed by atoms with Crippen molar-refractivity contribution in [3.8, 4) is 5.75 Å². The van der Waals surface area contributed by atoms with E-state index in [9.17, 15) is 4.79 Å². The highest BCUT2D eigenvalue weighted by Gasteiger charge is 2.18. The van der Waals surface area contributed by atoms with Crippen LogP contribution in [0.4, 0.5) is 5.69 Å². The summed E-state index contributed by atoms with van der Waals surface area (Å²) in [6, 6.07) is 5.52. The number of carbonyl (C=O) groups is 1. The predicted octanol–water partition coefficient (Wildman–Crippen LogP) is 1.15. The highest BCUT2D eigenvalue weighted by atomic mass is 16.5. The van der Waals surface area contributed by atoms with E-state index in [2.05, 4.69) is 15.7 Å². The predicted molar refractivity (Wildman–Crippen MR) is 74.8 cm³/mol. The van der Waals surface area contributed by atoms with Crippen LogP contribution in [0, 0.1) is 0 Å². The molecular weight excluding hydrogens is 256 g/mol. The molecule has 0 fully saturated rings. The van der Waals surface area contributed by atoms with Crippen LogP contribution in [0.3, 0.4) is 0 Å². The van der Waals surface area contributed by atoms with Crippen molar-refractivity contribution in [2.75, 3.05) is 18.5 Å².